The fourth-order valence-corrected chi connectivity index (χ4v) is 4.79. The Morgan fingerprint density at radius 1 is 1.05 bits per heavy atom. The molecule has 202 valence electrons. The van der Waals surface area contributed by atoms with Crippen molar-refractivity contribution in [3.63, 3.8) is 0 Å². The molecule has 2 fully saturated rings. The Bertz CT molecular complexity index is 1470. The monoisotopic (exact) mass is 530 g/mol. The maximum atomic E-state index is 14.8. The number of hydrogen-bond donors (Lipinski definition) is 3. The van der Waals surface area contributed by atoms with Crippen LogP contribution in [0.1, 0.15) is 41.6 Å². The van der Waals surface area contributed by atoms with Crippen LogP contribution in [0.3, 0.4) is 0 Å². The van der Waals surface area contributed by atoms with E-state index in [2.05, 4.69) is 40.0 Å². The lowest BCUT2D eigenvalue weighted by Gasteiger charge is -2.24. The first-order chi connectivity index (χ1) is 19.0. The number of amides is 1. The van der Waals surface area contributed by atoms with E-state index in [-0.39, 0.29) is 24.2 Å². The minimum atomic E-state index is -0.376. The van der Waals surface area contributed by atoms with Crippen molar-refractivity contribution in [1.82, 2.24) is 15.1 Å². The van der Waals surface area contributed by atoms with Crippen molar-refractivity contribution >= 4 is 29.0 Å². The molecule has 0 atom stereocenters. The van der Waals surface area contributed by atoms with Crippen LogP contribution in [0.25, 0.3) is 27.7 Å². The third-order valence-electron chi connectivity index (χ3n) is 7.10. The van der Waals surface area contributed by atoms with Gasteiger partial charge >= 0.3 is 0 Å². The molecule has 2 aliphatic rings. The second-order valence-corrected chi connectivity index (χ2v) is 9.89. The van der Waals surface area contributed by atoms with E-state index in [0.29, 0.717) is 22.7 Å². The molecule has 3 aromatic carbocycles. The molecule has 8 nitrogen and oxygen atoms in total. The fraction of sp³-hybridized carbons (Fsp3) is 0.300. The van der Waals surface area contributed by atoms with Crippen molar-refractivity contribution in [2.75, 3.05) is 18.5 Å². The third kappa shape index (κ3) is 6.09. The number of halogens is 1. The second kappa shape index (κ2) is 11.7. The lowest BCUT2D eigenvalue weighted by molar-refractivity contribution is -0.122. The number of carbonyl (C=O) groups is 2. The van der Waals surface area contributed by atoms with Crippen LogP contribution in [0.4, 0.5) is 10.1 Å². The summed E-state index contributed by atoms with van der Waals surface area (Å²) in [5.74, 6) is -0.597. The van der Waals surface area contributed by atoms with E-state index in [9.17, 15) is 9.18 Å². The topological polar surface area (TPSA) is 105 Å². The minimum absolute atomic E-state index is 0.221. The van der Waals surface area contributed by atoms with Gasteiger partial charge in [0.25, 0.3) is 12.4 Å². The summed E-state index contributed by atoms with van der Waals surface area (Å²) in [6.07, 6.45) is 5.84. The van der Waals surface area contributed by atoms with Crippen LogP contribution in [-0.2, 0) is 9.53 Å². The number of carboxylic acid groups (broad SMARTS) is 1. The number of hydrogen-bond acceptors (Lipinski definition) is 5. The standard InChI is InChI=1S/C29H29FN4O2.CH2O2/c1-18-26(15-20(16-27(18)30)29(35)33-23-3-4-23)19-2-9-28-21(14-19)17-31-34(28)25-7-5-22(6-8-25)32-24-10-12-36-13-11-24;2-1-3/h2,5-9,14-17,23-24,32H,3-4,10-13H2,1H3,(H,33,35);1H,(H,2,3). The number of carbonyl (C=O) groups excluding carboxylic acids is 1. The smallest absolute Gasteiger partial charge is 0.290 e. The molecular weight excluding hydrogens is 499 g/mol. The molecule has 4 aromatic rings. The van der Waals surface area contributed by atoms with Crippen molar-refractivity contribution in [2.45, 2.75) is 44.7 Å². The van der Waals surface area contributed by atoms with Gasteiger partial charge in [-0.1, -0.05) is 6.07 Å². The van der Waals surface area contributed by atoms with Crippen molar-refractivity contribution in [1.29, 1.82) is 0 Å². The summed E-state index contributed by atoms with van der Waals surface area (Å²) < 4.78 is 22.1. The molecule has 1 saturated carbocycles. The summed E-state index contributed by atoms with van der Waals surface area (Å²) in [6, 6.07) is 18.0. The highest BCUT2D eigenvalue weighted by molar-refractivity contribution is 5.96. The SMILES string of the molecule is Cc1c(F)cc(C(=O)NC2CC2)cc1-c1ccc2c(cnn2-c2ccc(NC3CCOCC3)cc2)c1.O=CO. The Labute approximate surface area is 225 Å². The largest absolute Gasteiger partial charge is 0.483 e. The molecule has 1 amide bonds. The van der Waals surface area contributed by atoms with E-state index in [1.54, 1.807) is 13.0 Å². The van der Waals surface area contributed by atoms with Crippen LogP contribution >= 0.6 is 0 Å². The molecular formula is C30H31FN4O4. The lowest BCUT2D eigenvalue weighted by atomic mass is 9.96. The molecule has 1 aromatic heterocycles. The van der Waals surface area contributed by atoms with E-state index < -0.39 is 0 Å². The number of aromatic nitrogens is 2. The maximum Gasteiger partial charge on any atom is 0.290 e. The van der Waals surface area contributed by atoms with Crippen LogP contribution in [0.15, 0.2) is 60.8 Å². The molecule has 0 bridgehead atoms. The van der Waals surface area contributed by atoms with Crippen LogP contribution in [-0.4, -0.2) is 52.6 Å². The molecule has 39 heavy (non-hydrogen) atoms. The molecule has 6 rings (SSSR count). The van der Waals surface area contributed by atoms with Gasteiger partial charge in [-0.3, -0.25) is 9.59 Å². The average Bonchev–Trinajstić information content (AvgIpc) is 3.66. The van der Waals surface area contributed by atoms with Crippen molar-refractivity contribution in [2.24, 2.45) is 0 Å². The zero-order chi connectivity index (χ0) is 27.4. The highest BCUT2D eigenvalue weighted by Gasteiger charge is 2.24. The lowest BCUT2D eigenvalue weighted by Crippen LogP contribution is -2.27. The van der Waals surface area contributed by atoms with Crippen LogP contribution in [0.2, 0.25) is 0 Å². The van der Waals surface area contributed by atoms with Gasteiger partial charge in [0.1, 0.15) is 5.82 Å². The van der Waals surface area contributed by atoms with E-state index in [1.165, 1.54) is 6.07 Å². The molecule has 1 aliphatic heterocycles. The van der Waals surface area contributed by atoms with Crippen molar-refractivity contribution in [3.8, 4) is 16.8 Å². The van der Waals surface area contributed by atoms with Crippen LogP contribution < -0.4 is 10.6 Å². The minimum Gasteiger partial charge on any atom is -0.483 e. The third-order valence-corrected chi connectivity index (χ3v) is 7.10. The van der Waals surface area contributed by atoms with Gasteiger partial charge in [-0.05, 0) is 97.8 Å². The Kier molecular flexibility index (Phi) is 7.88. The highest BCUT2D eigenvalue weighted by Crippen LogP contribution is 2.31. The Morgan fingerprint density at radius 3 is 2.46 bits per heavy atom. The first-order valence-electron chi connectivity index (χ1n) is 13.1. The van der Waals surface area contributed by atoms with E-state index >= 15 is 0 Å². The highest BCUT2D eigenvalue weighted by atomic mass is 19.1. The number of nitrogens with zero attached hydrogens (tertiary/aromatic N) is 2. The van der Waals surface area contributed by atoms with Gasteiger partial charge < -0.3 is 20.5 Å². The Morgan fingerprint density at radius 2 is 1.77 bits per heavy atom. The Balaban J connectivity index is 0.000000983. The van der Waals surface area contributed by atoms with Gasteiger partial charge in [-0.15, -0.1) is 0 Å². The zero-order valence-electron chi connectivity index (χ0n) is 21.7. The number of ether oxygens (including phenoxy) is 1. The van der Waals surface area contributed by atoms with Gasteiger partial charge in [0, 0.05) is 41.9 Å². The number of benzene rings is 3. The van der Waals surface area contributed by atoms with Gasteiger partial charge in [0.05, 0.1) is 17.4 Å². The van der Waals surface area contributed by atoms with E-state index in [4.69, 9.17) is 14.6 Å². The first kappa shape index (κ1) is 26.4. The van der Waals surface area contributed by atoms with Crippen molar-refractivity contribution in [3.05, 3.63) is 77.7 Å². The van der Waals surface area contributed by atoms with Crippen LogP contribution in [0.5, 0.6) is 0 Å². The molecule has 0 unspecified atom stereocenters. The fourth-order valence-electron chi connectivity index (χ4n) is 4.79. The van der Waals surface area contributed by atoms with Gasteiger partial charge in [0.2, 0.25) is 0 Å². The van der Waals surface area contributed by atoms with Gasteiger partial charge in [0.15, 0.2) is 0 Å². The maximum absolute atomic E-state index is 14.8. The normalized spacial score (nSPS) is 15.3. The van der Waals surface area contributed by atoms with Gasteiger partial charge in [-0.25, -0.2) is 9.07 Å². The number of anilines is 1. The van der Waals surface area contributed by atoms with E-state index in [1.807, 2.05) is 29.1 Å². The molecule has 0 spiro atoms. The van der Waals surface area contributed by atoms with Crippen molar-refractivity contribution < 1.29 is 23.8 Å². The predicted molar refractivity (Wildman–Crippen MR) is 148 cm³/mol. The van der Waals surface area contributed by atoms with Gasteiger partial charge in [-0.2, -0.15) is 5.10 Å². The summed E-state index contributed by atoms with van der Waals surface area (Å²) >= 11 is 0. The summed E-state index contributed by atoms with van der Waals surface area (Å²) in [6.45, 7) is 3.11. The number of nitrogens with one attached hydrogen (secondary N) is 2. The summed E-state index contributed by atoms with van der Waals surface area (Å²) in [7, 11) is 0. The average molecular weight is 531 g/mol. The summed E-state index contributed by atoms with van der Waals surface area (Å²) in [4.78, 5) is 20.9. The summed E-state index contributed by atoms with van der Waals surface area (Å²) in [5, 5.41) is 19.0. The molecule has 1 aliphatic carbocycles. The molecule has 3 N–H and O–H groups in total. The van der Waals surface area contributed by atoms with Crippen LogP contribution in [0, 0.1) is 12.7 Å². The predicted octanol–water partition coefficient (Wildman–Crippen LogP) is 5.32. The van der Waals surface area contributed by atoms with E-state index in [0.717, 1.165) is 66.7 Å². The molecule has 2 heterocycles. The zero-order valence-corrected chi connectivity index (χ0v) is 21.7. The number of fused-ring (bicyclic) bond motifs is 1. The molecule has 9 heteroatoms. The first-order valence-corrected chi connectivity index (χ1v) is 13.1. The quantitative estimate of drug-likeness (QED) is 0.291. The Hall–Kier alpha value is -4.24. The summed E-state index contributed by atoms with van der Waals surface area (Å²) in [5.41, 5.74) is 5.47. The molecule has 0 radical (unpaired) electrons. The number of rotatable bonds is 6. The second-order valence-electron chi connectivity index (χ2n) is 9.89. The molecule has 1 saturated heterocycles.